The van der Waals surface area contributed by atoms with Gasteiger partial charge >= 0.3 is 5.97 Å². The highest BCUT2D eigenvalue weighted by Crippen LogP contribution is 2.24. The van der Waals surface area contributed by atoms with Crippen LogP contribution in [0.3, 0.4) is 0 Å². The third kappa shape index (κ3) is 3.16. The fraction of sp³-hybridized carbons (Fsp3) is 0.0714. The molecule has 5 heteroatoms. The first kappa shape index (κ1) is 12.8. The lowest BCUT2D eigenvalue weighted by molar-refractivity contribution is 0.0689. The summed E-state index contributed by atoms with van der Waals surface area (Å²) in [7, 11) is 0. The van der Waals surface area contributed by atoms with Crippen molar-refractivity contribution in [1.29, 1.82) is 0 Å². The van der Waals surface area contributed by atoms with Crippen LogP contribution in [0.4, 0.5) is 0 Å². The number of carboxylic acid groups (broad SMARTS) is 1. The third-order valence-electron chi connectivity index (χ3n) is 2.34. The zero-order valence-corrected chi connectivity index (χ0v) is 10.3. The van der Waals surface area contributed by atoms with Crippen LogP contribution in [0.25, 0.3) is 6.08 Å². The highest BCUT2D eigenvalue weighted by molar-refractivity contribution is 5.84. The molecule has 0 radical (unpaired) electrons. The fourth-order valence-corrected chi connectivity index (χ4v) is 1.49. The number of hydrogen-bond donors (Lipinski definition) is 1. The van der Waals surface area contributed by atoms with E-state index in [1.807, 2.05) is 43.3 Å². The number of benzene rings is 1. The van der Waals surface area contributed by atoms with Crippen molar-refractivity contribution in [3.63, 3.8) is 0 Å². The molecule has 1 N–H and O–H groups in total. The second-order valence-corrected chi connectivity index (χ2v) is 3.70. The van der Waals surface area contributed by atoms with Crippen molar-refractivity contribution in [2.75, 3.05) is 0 Å². The monoisotopic (exact) mass is 256 g/mol. The second kappa shape index (κ2) is 5.77. The Labute approximate surface area is 110 Å². The summed E-state index contributed by atoms with van der Waals surface area (Å²) in [5, 5.41) is 16.0. The van der Waals surface area contributed by atoms with Gasteiger partial charge in [-0.1, -0.05) is 30.4 Å². The zero-order valence-electron chi connectivity index (χ0n) is 10.3. The van der Waals surface area contributed by atoms with E-state index < -0.39 is 5.97 Å². The van der Waals surface area contributed by atoms with Crippen LogP contribution in [0.1, 0.15) is 23.0 Å². The minimum absolute atomic E-state index is 0.117. The van der Waals surface area contributed by atoms with Gasteiger partial charge in [0, 0.05) is 11.6 Å². The maximum absolute atomic E-state index is 10.7. The number of aromatic nitrogens is 2. The van der Waals surface area contributed by atoms with Crippen molar-refractivity contribution in [2.45, 2.75) is 6.92 Å². The molecule has 1 aromatic carbocycles. The Morgan fingerprint density at radius 3 is 2.63 bits per heavy atom. The van der Waals surface area contributed by atoms with E-state index in [-0.39, 0.29) is 11.6 Å². The highest BCUT2D eigenvalue weighted by atomic mass is 16.5. The Hall–Kier alpha value is -2.69. The molecule has 0 fully saturated rings. The first-order valence-corrected chi connectivity index (χ1v) is 5.67. The summed E-state index contributed by atoms with van der Waals surface area (Å²) in [5.74, 6) is -0.228. The molecular formula is C14H12N2O3. The highest BCUT2D eigenvalue weighted by Gasteiger charge is 2.07. The van der Waals surface area contributed by atoms with Gasteiger partial charge in [-0.05, 0) is 19.1 Å². The van der Waals surface area contributed by atoms with Gasteiger partial charge in [0.15, 0.2) is 5.69 Å². The molecule has 0 aliphatic rings. The Kier molecular flexibility index (Phi) is 3.87. The second-order valence-electron chi connectivity index (χ2n) is 3.70. The summed E-state index contributed by atoms with van der Waals surface area (Å²) in [5.41, 5.74) is 0.795. The summed E-state index contributed by atoms with van der Waals surface area (Å²) >= 11 is 0. The number of para-hydroxylation sites is 1. The molecule has 0 saturated heterocycles. The Morgan fingerprint density at radius 1 is 1.21 bits per heavy atom. The first-order valence-electron chi connectivity index (χ1n) is 5.67. The molecule has 1 heterocycles. The van der Waals surface area contributed by atoms with Gasteiger partial charge < -0.3 is 9.84 Å². The molecule has 0 unspecified atom stereocenters. The van der Waals surface area contributed by atoms with Gasteiger partial charge in [0.2, 0.25) is 5.88 Å². The lowest BCUT2D eigenvalue weighted by Crippen LogP contribution is -2.02. The van der Waals surface area contributed by atoms with E-state index in [4.69, 9.17) is 9.84 Å². The SMILES string of the molecule is C/C=C/c1ccccc1Oc1ccc(C(=O)O)nn1. The molecule has 2 rings (SSSR count). The third-order valence-corrected chi connectivity index (χ3v) is 2.34. The number of ether oxygens (including phenoxy) is 1. The molecule has 0 amide bonds. The van der Waals surface area contributed by atoms with E-state index in [0.29, 0.717) is 5.75 Å². The molecule has 0 saturated carbocycles. The zero-order chi connectivity index (χ0) is 13.7. The van der Waals surface area contributed by atoms with Crippen LogP contribution in [0, 0.1) is 0 Å². The van der Waals surface area contributed by atoms with Crippen molar-refractivity contribution >= 4 is 12.0 Å². The van der Waals surface area contributed by atoms with Crippen LogP contribution in [0.15, 0.2) is 42.5 Å². The predicted molar refractivity (Wildman–Crippen MR) is 70.2 cm³/mol. The molecule has 96 valence electrons. The molecule has 0 aliphatic carbocycles. The molecule has 19 heavy (non-hydrogen) atoms. The standard InChI is InChI=1S/C14H12N2O3/c1-2-5-10-6-3-4-7-12(10)19-13-9-8-11(14(17)18)15-16-13/h2-9H,1H3,(H,17,18)/b5-2+. The van der Waals surface area contributed by atoms with Crippen LogP contribution in [0.2, 0.25) is 0 Å². The van der Waals surface area contributed by atoms with Crippen LogP contribution in [-0.4, -0.2) is 21.3 Å². The Bertz CT molecular complexity index is 606. The molecule has 1 aromatic heterocycles. The average molecular weight is 256 g/mol. The van der Waals surface area contributed by atoms with E-state index >= 15 is 0 Å². The summed E-state index contributed by atoms with van der Waals surface area (Å²) in [6, 6.07) is 10.3. The van der Waals surface area contributed by atoms with Crippen LogP contribution in [-0.2, 0) is 0 Å². The number of hydrogen-bond acceptors (Lipinski definition) is 4. The molecule has 0 aliphatic heterocycles. The molecule has 2 aromatic rings. The summed E-state index contributed by atoms with van der Waals surface area (Å²) in [6.07, 6.45) is 3.82. The number of nitrogens with zero attached hydrogens (tertiary/aromatic N) is 2. The van der Waals surface area contributed by atoms with Gasteiger partial charge in [0.1, 0.15) is 5.75 Å². The van der Waals surface area contributed by atoms with Gasteiger partial charge in [-0.2, -0.15) is 0 Å². The minimum atomic E-state index is -1.12. The minimum Gasteiger partial charge on any atom is -0.476 e. The molecule has 5 nitrogen and oxygen atoms in total. The lowest BCUT2D eigenvalue weighted by Gasteiger charge is -2.07. The Morgan fingerprint density at radius 2 is 2.00 bits per heavy atom. The van der Waals surface area contributed by atoms with Crippen molar-refractivity contribution in [3.8, 4) is 11.6 Å². The van der Waals surface area contributed by atoms with E-state index in [2.05, 4.69) is 10.2 Å². The van der Waals surface area contributed by atoms with E-state index in [0.717, 1.165) is 5.56 Å². The summed E-state index contributed by atoms with van der Waals surface area (Å²) < 4.78 is 5.58. The number of carboxylic acids is 1. The maximum Gasteiger partial charge on any atom is 0.356 e. The summed E-state index contributed by atoms with van der Waals surface area (Å²) in [6.45, 7) is 1.91. The predicted octanol–water partition coefficient (Wildman–Crippen LogP) is 3.00. The van der Waals surface area contributed by atoms with Crippen molar-refractivity contribution < 1.29 is 14.6 Å². The number of aromatic carboxylic acids is 1. The Balaban J connectivity index is 2.23. The van der Waals surface area contributed by atoms with Gasteiger partial charge in [0.05, 0.1) is 0 Å². The van der Waals surface area contributed by atoms with Crippen LogP contribution < -0.4 is 4.74 Å². The van der Waals surface area contributed by atoms with Gasteiger partial charge in [0.25, 0.3) is 0 Å². The molecule has 0 spiro atoms. The molecule has 0 bridgehead atoms. The van der Waals surface area contributed by atoms with Gasteiger partial charge in [-0.25, -0.2) is 4.79 Å². The van der Waals surface area contributed by atoms with E-state index in [9.17, 15) is 4.79 Å². The number of allylic oxidation sites excluding steroid dienone is 1. The fourth-order valence-electron chi connectivity index (χ4n) is 1.49. The van der Waals surface area contributed by atoms with Gasteiger partial charge in [-0.15, -0.1) is 10.2 Å². The van der Waals surface area contributed by atoms with Crippen molar-refractivity contribution in [2.24, 2.45) is 0 Å². The van der Waals surface area contributed by atoms with E-state index in [1.54, 1.807) is 0 Å². The van der Waals surface area contributed by atoms with Crippen LogP contribution >= 0.6 is 0 Å². The first-order chi connectivity index (χ1) is 9.20. The summed E-state index contributed by atoms with van der Waals surface area (Å²) in [4.78, 5) is 10.7. The van der Waals surface area contributed by atoms with Crippen molar-refractivity contribution in [3.05, 3.63) is 53.7 Å². The van der Waals surface area contributed by atoms with Crippen molar-refractivity contribution in [1.82, 2.24) is 10.2 Å². The topological polar surface area (TPSA) is 72.3 Å². The normalized spacial score (nSPS) is 10.6. The molecular weight excluding hydrogens is 244 g/mol. The number of rotatable bonds is 4. The van der Waals surface area contributed by atoms with Gasteiger partial charge in [-0.3, -0.25) is 0 Å². The average Bonchev–Trinajstić information content (AvgIpc) is 2.42. The quantitative estimate of drug-likeness (QED) is 0.910. The smallest absolute Gasteiger partial charge is 0.356 e. The van der Waals surface area contributed by atoms with Crippen LogP contribution in [0.5, 0.6) is 11.6 Å². The largest absolute Gasteiger partial charge is 0.476 e. The number of carbonyl (C=O) groups is 1. The molecule has 0 atom stereocenters. The lowest BCUT2D eigenvalue weighted by atomic mass is 10.2. The van der Waals surface area contributed by atoms with E-state index in [1.165, 1.54) is 12.1 Å². The maximum atomic E-state index is 10.7.